The number of carbonyl (C=O) groups is 1. The summed E-state index contributed by atoms with van der Waals surface area (Å²) in [7, 11) is 1.57. The van der Waals surface area contributed by atoms with E-state index in [1.807, 2.05) is 35.2 Å². The van der Waals surface area contributed by atoms with Crippen LogP contribution in [0.25, 0.3) is 0 Å². The Morgan fingerprint density at radius 1 is 1.23 bits per heavy atom. The molecular formula is C17H26N2O3. The highest BCUT2D eigenvalue weighted by Gasteiger charge is 2.29. The minimum absolute atomic E-state index is 0.0107. The first kappa shape index (κ1) is 16.9. The Labute approximate surface area is 132 Å². The molecule has 1 amide bonds. The molecule has 0 bridgehead atoms. The van der Waals surface area contributed by atoms with Crippen LogP contribution in [0.15, 0.2) is 30.3 Å². The van der Waals surface area contributed by atoms with E-state index in [9.17, 15) is 9.90 Å². The summed E-state index contributed by atoms with van der Waals surface area (Å²) < 4.78 is 5.41. The molecule has 0 radical (unpaired) electrons. The minimum atomic E-state index is -0.703. The second-order valence-corrected chi connectivity index (χ2v) is 6.44. The third kappa shape index (κ3) is 4.53. The molecular weight excluding hydrogens is 280 g/mol. The quantitative estimate of drug-likeness (QED) is 0.890. The van der Waals surface area contributed by atoms with Crippen LogP contribution >= 0.6 is 0 Å². The Bertz CT molecular complexity index is 476. The molecule has 0 spiro atoms. The molecule has 22 heavy (non-hydrogen) atoms. The van der Waals surface area contributed by atoms with Gasteiger partial charge in [-0.05, 0) is 19.4 Å². The van der Waals surface area contributed by atoms with Crippen LogP contribution < -0.4 is 0 Å². The molecule has 0 aromatic heterocycles. The number of benzene rings is 1. The van der Waals surface area contributed by atoms with E-state index in [2.05, 4.69) is 4.90 Å². The number of hydrogen-bond acceptors (Lipinski definition) is 4. The lowest BCUT2D eigenvalue weighted by atomic mass is 10.1. The number of piperazine rings is 1. The highest BCUT2D eigenvalue weighted by Crippen LogP contribution is 2.20. The van der Waals surface area contributed by atoms with Gasteiger partial charge in [-0.25, -0.2) is 0 Å². The zero-order valence-corrected chi connectivity index (χ0v) is 13.7. The lowest BCUT2D eigenvalue weighted by Gasteiger charge is -2.38. The van der Waals surface area contributed by atoms with Gasteiger partial charge in [-0.15, -0.1) is 0 Å². The van der Waals surface area contributed by atoms with Crippen LogP contribution in [0.1, 0.15) is 25.5 Å². The predicted molar refractivity (Wildman–Crippen MR) is 85.5 cm³/mol. The molecule has 0 aliphatic carbocycles. The molecule has 1 aliphatic heterocycles. The maximum Gasteiger partial charge on any atom is 0.256 e. The Balaban J connectivity index is 1.94. The highest BCUT2D eigenvalue weighted by atomic mass is 16.5. The van der Waals surface area contributed by atoms with E-state index in [1.165, 1.54) is 0 Å². The SMILES string of the molecule is COC(C(=O)N1CCN(CC(C)(C)O)CC1)c1ccccc1. The molecule has 5 heteroatoms. The molecule has 1 fully saturated rings. The van der Waals surface area contributed by atoms with Gasteiger partial charge in [-0.2, -0.15) is 0 Å². The standard InChI is InChI=1S/C17H26N2O3/c1-17(2,21)13-18-9-11-19(12-10-18)16(20)15(22-3)14-7-5-4-6-8-14/h4-8,15,21H,9-13H2,1-3H3. The van der Waals surface area contributed by atoms with Crippen molar-refractivity contribution in [3.63, 3.8) is 0 Å². The van der Waals surface area contributed by atoms with E-state index in [-0.39, 0.29) is 5.91 Å². The van der Waals surface area contributed by atoms with Crippen molar-refractivity contribution in [3.05, 3.63) is 35.9 Å². The van der Waals surface area contributed by atoms with Crippen LogP contribution in [0.4, 0.5) is 0 Å². The number of ether oxygens (including phenoxy) is 1. The van der Waals surface area contributed by atoms with Crippen LogP contribution in [-0.2, 0) is 9.53 Å². The van der Waals surface area contributed by atoms with Crippen LogP contribution in [0.3, 0.4) is 0 Å². The summed E-state index contributed by atoms with van der Waals surface area (Å²) in [4.78, 5) is 16.7. The molecule has 1 heterocycles. The average molecular weight is 306 g/mol. The Hall–Kier alpha value is -1.43. The van der Waals surface area contributed by atoms with Crippen molar-refractivity contribution in [2.45, 2.75) is 25.6 Å². The van der Waals surface area contributed by atoms with Gasteiger partial charge < -0.3 is 14.7 Å². The predicted octanol–water partition coefficient (Wildman–Crippen LogP) is 1.29. The fourth-order valence-corrected chi connectivity index (χ4v) is 2.85. The van der Waals surface area contributed by atoms with Crippen molar-refractivity contribution >= 4 is 5.91 Å². The summed E-state index contributed by atoms with van der Waals surface area (Å²) in [6, 6.07) is 9.58. The zero-order valence-electron chi connectivity index (χ0n) is 13.7. The lowest BCUT2D eigenvalue weighted by Crippen LogP contribution is -2.52. The second kappa shape index (κ2) is 7.22. The zero-order chi connectivity index (χ0) is 16.2. The highest BCUT2D eigenvalue weighted by molar-refractivity contribution is 5.82. The Morgan fingerprint density at radius 2 is 1.82 bits per heavy atom. The third-order valence-corrected chi connectivity index (χ3v) is 3.86. The van der Waals surface area contributed by atoms with Gasteiger partial charge in [0.05, 0.1) is 5.60 Å². The molecule has 1 aliphatic rings. The monoisotopic (exact) mass is 306 g/mol. The molecule has 1 aromatic rings. The maximum atomic E-state index is 12.7. The number of amides is 1. The van der Waals surface area contributed by atoms with Gasteiger partial charge in [0, 0.05) is 39.8 Å². The van der Waals surface area contributed by atoms with Crippen LogP contribution in [-0.4, -0.2) is 66.2 Å². The number of nitrogens with zero attached hydrogens (tertiary/aromatic N) is 2. The second-order valence-electron chi connectivity index (χ2n) is 6.44. The molecule has 1 N–H and O–H groups in total. The maximum absolute atomic E-state index is 12.7. The van der Waals surface area contributed by atoms with Crippen LogP contribution in [0, 0.1) is 0 Å². The first-order valence-corrected chi connectivity index (χ1v) is 7.72. The molecule has 1 atom stereocenters. The van der Waals surface area contributed by atoms with Gasteiger partial charge >= 0.3 is 0 Å². The number of carbonyl (C=O) groups excluding carboxylic acids is 1. The van der Waals surface area contributed by atoms with Crippen molar-refractivity contribution < 1.29 is 14.6 Å². The summed E-state index contributed by atoms with van der Waals surface area (Å²) in [5.74, 6) is 0.0107. The van der Waals surface area contributed by atoms with E-state index in [4.69, 9.17) is 4.74 Å². The molecule has 2 rings (SSSR count). The number of β-amino-alcohol motifs (C(OH)–C–C–N with tert-alkyl or cyclic N) is 1. The van der Waals surface area contributed by atoms with Gasteiger partial charge in [0.1, 0.15) is 0 Å². The van der Waals surface area contributed by atoms with Crippen LogP contribution in [0.5, 0.6) is 0 Å². The topological polar surface area (TPSA) is 53.0 Å². The normalized spacial score (nSPS) is 18.3. The molecule has 0 saturated carbocycles. The van der Waals surface area contributed by atoms with Gasteiger partial charge in [-0.3, -0.25) is 9.69 Å². The number of rotatable bonds is 5. The van der Waals surface area contributed by atoms with E-state index in [1.54, 1.807) is 21.0 Å². The van der Waals surface area contributed by atoms with E-state index < -0.39 is 11.7 Å². The lowest BCUT2D eigenvalue weighted by molar-refractivity contribution is -0.144. The molecule has 1 saturated heterocycles. The fourth-order valence-electron chi connectivity index (χ4n) is 2.85. The number of aliphatic hydroxyl groups is 1. The third-order valence-electron chi connectivity index (χ3n) is 3.86. The smallest absolute Gasteiger partial charge is 0.256 e. The van der Waals surface area contributed by atoms with Crippen molar-refractivity contribution in [2.75, 3.05) is 39.8 Å². The minimum Gasteiger partial charge on any atom is -0.389 e. The van der Waals surface area contributed by atoms with Gasteiger partial charge in [0.25, 0.3) is 5.91 Å². The van der Waals surface area contributed by atoms with Gasteiger partial charge in [-0.1, -0.05) is 30.3 Å². The van der Waals surface area contributed by atoms with Crippen molar-refractivity contribution in [1.29, 1.82) is 0 Å². The largest absolute Gasteiger partial charge is 0.389 e. The summed E-state index contributed by atoms with van der Waals surface area (Å²) in [5.41, 5.74) is 0.180. The van der Waals surface area contributed by atoms with E-state index in [0.29, 0.717) is 19.6 Å². The van der Waals surface area contributed by atoms with Crippen molar-refractivity contribution in [1.82, 2.24) is 9.80 Å². The molecule has 5 nitrogen and oxygen atoms in total. The van der Waals surface area contributed by atoms with Crippen molar-refractivity contribution in [3.8, 4) is 0 Å². The van der Waals surface area contributed by atoms with Gasteiger partial charge in [0.2, 0.25) is 0 Å². The Kier molecular flexibility index (Phi) is 5.56. The number of methoxy groups -OCH3 is 1. The van der Waals surface area contributed by atoms with E-state index in [0.717, 1.165) is 18.7 Å². The molecule has 1 unspecified atom stereocenters. The molecule has 1 aromatic carbocycles. The summed E-state index contributed by atoms with van der Waals surface area (Å²) in [6.07, 6.45) is -0.540. The average Bonchev–Trinajstić information content (AvgIpc) is 2.48. The van der Waals surface area contributed by atoms with Crippen LogP contribution in [0.2, 0.25) is 0 Å². The first-order valence-electron chi connectivity index (χ1n) is 7.72. The number of hydrogen-bond donors (Lipinski definition) is 1. The molecule has 122 valence electrons. The van der Waals surface area contributed by atoms with Gasteiger partial charge in [0.15, 0.2) is 6.10 Å². The summed E-state index contributed by atoms with van der Waals surface area (Å²) in [6.45, 7) is 7.13. The Morgan fingerprint density at radius 3 is 2.32 bits per heavy atom. The van der Waals surface area contributed by atoms with E-state index >= 15 is 0 Å². The summed E-state index contributed by atoms with van der Waals surface area (Å²) in [5, 5.41) is 9.88. The fraction of sp³-hybridized carbons (Fsp3) is 0.588. The first-order chi connectivity index (χ1) is 10.4. The van der Waals surface area contributed by atoms with Crippen molar-refractivity contribution in [2.24, 2.45) is 0 Å². The summed E-state index contributed by atoms with van der Waals surface area (Å²) >= 11 is 0.